The van der Waals surface area contributed by atoms with Crippen LogP contribution in [0.5, 0.6) is 0 Å². The molecule has 0 radical (unpaired) electrons. The van der Waals surface area contributed by atoms with Crippen molar-refractivity contribution in [3.05, 3.63) is 35.9 Å². The topological polar surface area (TPSA) is 85.9 Å². The highest BCUT2D eigenvalue weighted by atomic mass is 31.2. The second kappa shape index (κ2) is 12.0. The van der Waals surface area contributed by atoms with Crippen molar-refractivity contribution in [1.29, 1.82) is 0 Å². The summed E-state index contributed by atoms with van der Waals surface area (Å²) in [6, 6.07) is 8.49. The van der Waals surface area contributed by atoms with Crippen LogP contribution in [-0.2, 0) is 30.2 Å². The van der Waals surface area contributed by atoms with Gasteiger partial charge in [-0.15, -0.1) is 0 Å². The lowest BCUT2D eigenvalue weighted by molar-refractivity contribution is -0.149. The predicted octanol–water partition coefficient (Wildman–Crippen LogP) is 3.29. The molecule has 0 saturated carbocycles. The molecule has 27 heavy (non-hydrogen) atoms. The molecular weight excluding hydrogens is 367 g/mol. The van der Waals surface area contributed by atoms with E-state index in [-0.39, 0.29) is 24.1 Å². The highest BCUT2D eigenvalue weighted by molar-refractivity contribution is 7.48. The van der Waals surface area contributed by atoms with Crippen LogP contribution in [0.1, 0.15) is 47.1 Å². The smallest absolute Gasteiger partial charge is 0.323 e. The summed E-state index contributed by atoms with van der Waals surface area (Å²) in [5.74, 6) is -0.750. The van der Waals surface area contributed by atoms with Crippen LogP contribution >= 0.6 is 8.45 Å². The fourth-order valence-corrected chi connectivity index (χ4v) is 3.37. The number of carbonyl (C=O) groups is 2. The van der Waals surface area contributed by atoms with Crippen LogP contribution in [0.25, 0.3) is 0 Å². The quantitative estimate of drug-likeness (QED) is 0.437. The molecule has 0 bridgehead atoms. The van der Waals surface area contributed by atoms with Crippen molar-refractivity contribution >= 4 is 20.4 Å². The van der Waals surface area contributed by atoms with E-state index in [0.717, 1.165) is 5.56 Å². The highest BCUT2D eigenvalue weighted by Gasteiger charge is 2.25. The molecule has 0 fully saturated rings. The van der Waals surface area contributed by atoms with Crippen LogP contribution in [0.3, 0.4) is 0 Å². The van der Waals surface area contributed by atoms with E-state index in [0.29, 0.717) is 6.61 Å². The van der Waals surface area contributed by atoms with Gasteiger partial charge in [0, 0.05) is 0 Å². The SMILES string of the molecule is CC(C)OC(=O)C(C)NP(NC(C)C(=O)OC(C)C)OCc1ccccc1. The summed E-state index contributed by atoms with van der Waals surface area (Å²) in [5, 5.41) is 6.16. The lowest BCUT2D eigenvalue weighted by Crippen LogP contribution is -2.41. The average molecular weight is 398 g/mol. The zero-order valence-corrected chi connectivity index (χ0v) is 17.8. The minimum atomic E-state index is -1.48. The molecule has 0 aliphatic rings. The molecule has 1 aromatic rings. The fraction of sp³-hybridized carbons (Fsp3) is 0.579. The lowest BCUT2D eigenvalue weighted by Gasteiger charge is -2.26. The standard InChI is InChI=1S/C19H31N2O5P/c1-13(2)25-18(22)15(5)20-27(21-16(6)19(23)26-14(3)4)24-12-17-10-8-7-9-11-17/h7-11,13-16,20-21H,12H2,1-6H3. The minimum Gasteiger partial charge on any atom is -0.462 e. The summed E-state index contributed by atoms with van der Waals surface area (Å²) in [6.07, 6.45) is -0.405. The summed E-state index contributed by atoms with van der Waals surface area (Å²) in [5.41, 5.74) is 0.989. The monoisotopic (exact) mass is 398 g/mol. The van der Waals surface area contributed by atoms with Gasteiger partial charge < -0.3 is 14.0 Å². The Labute approximate surface area is 163 Å². The third-order valence-electron chi connectivity index (χ3n) is 3.24. The summed E-state index contributed by atoms with van der Waals surface area (Å²) in [7, 11) is -1.48. The summed E-state index contributed by atoms with van der Waals surface area (Å²) < 4.78 is 16.3. The predicted molar refractivity (Wildman–Crippen MR) is 106 cm³/mol. The van der Waals surface area contributed by atoms with Crippen molar-refractivity contribution in [3.8, 4) is 0 Å². The number of benzene rings is 1. The summed E-state index contributed by atoms with van der Waals surface area (Å²) in [6.45, 7) is 10.9. The van der Waals surface area contributed by atoms with E-state index in [1.807, 2.05) is 30.3 Å². The van der Waals surface area contributed by atoms with E-state index in [2.05, 4.69) is 10.2 Å². The van der Waals surface area contributed by atoms with Gasteiger partial charge in [-0.3, -0.25) is 9.59 Å². The van der Waals surface area contributed by atoms with Crippen LogP contribution < -0.4 is 10.2 Å². The normalized spacial score (nSPS) is 14.7. The van der Waals surface area contributed by atoms with E-state index in [1.165, 1.54) is 0 Å². The largest absolute Gasteiger partial charge is 0.462 e. The molecule has 8 heteroatoms. The van der Waals surface area contributed by atoms with Crippen LogP contribution in [0.4, 0.5) is 0 Å². The van der Waals surface area contributed by atoms with Crippen LogP contribution in [-0.4, -0.2) is 36.2 Å². The van der Waals surface area contributed by atoms with Crippen molar-refractivity contribution in [2.45, 2.75) is 72.4 Å². The third kappa shape index (κ3) is 9.82. The van der Waals surface area contributed by atoms with Gasteiger partial charge in [-0.25, -0.2) is 10.2 Å². The molecule has 0 heterocycles. The maximum absolute atomic E-state index is 12.1. The Kier molecular flexibility index (Phi) is 10.5. The molecular formula is C19H31N2O5P. The van der Waals surface area contributed by atoms with Gasteiger partial charge in [0.25, 0.3) is 0 Å². The van der Waals surface area contributed by atoms with Gasteiger partial charge in [0.05, 0.1) is 18.8 Å². The molecule has 7 nitrogen and oxygen atoms in total. The van der Waals surface area contributed by atoms with E-state index in [1.54, 1.807) is 41.5 Å². The highest BCUT2D eigenvalue weighted by Crippen LogP contribution is 2.30. The number of carbonyl (C=O) groups excluding carboxylic acids is 2. The van der Waals surface area contributed by atoms with Crippen molar-refractivity contribution in [1.82, 2.24) is 10.2 Å². The summed E-state index contributed by atoms with van der Waals surface area (Å²) in [4.78, 5) is 24.2. The van der Waals surface area contributed by atoms with Gasteiger partial charge in [-0.1, -0.05) is 30.3 Å². The molecule has 0 saturated heterocycles. The summed E-state index contributed by atoms with van der Waals surface area (Å²) >= 11 is 0. The maximum Gasteiger partial charge on any atom is 0.323 e. The van der Waals surface area contributed by atoms with Gasteiger partial charge >= 0.3 is 11.9 Å². The van der Waals surface area contributed by atoms with Crippen molar-refractivity contribution in [2.75, 3.05) is 0 Å². The van der Waals surface area contributed by atoms with Crippen LogP contribution in [0.15, 0.2) is 30.3 Å². The van der Waals surface area contributed by atoms with E-state index in [9.17, 15) is 9.59 Å². The Morgan fingerprint density at radius 3 is 1.70 bits per heavy atom. The number of hydrogen-bond donors (Lipinski definition) is 2. The molecule has 0 amide bonds. The number of hydrogen-bond acceptors (Lipinski definition) is 7. The molecule has 0 aliphatic heterocycles. The Balaban J connectivity index is 2.72. The minimum absolute atomic E-state index is 0.203. The Morgan fingerprint density at radius 2 is 1.30 bits per heavy atom. The number of nitrogens with one attached hydrogen (secondary N) is 2. The van der Waals surface area contributed by atoms with Gasteiger partial charge in [-0.05, 0) is 47.1 Å². The molecule has 0 aromatic heterocycles. The molecule has 0 spiro atoms. The van der Waals surface area contributed by atoms with E-state index < -0.39 is 20.5 Å². The van der Waals surface area contributed by atoms with Gasteiger partial charge in [-0.2, -0.15) is 0 Å². The molecule has 0 aliphatic carbocycles. The second-order valence-corrected chi connectivity index (χ2v) is 8.09. The Morgan fingerprint density at radius 1 is 0.852 bits per heavy atom. The maximum atomic E-state index is 12.1. The lowest BCUT2D eigenvalue weighted by atomic mass is 10.2. The second-order valence-electron chi connectivity index (χ2n) is 6.73. The molecule has 152 valence electrons. The van der Waals surface area contributed by atoms with Crippen molar-refractivity contribution in [3.63, 3.8) is 0 Å². The zero-order valence-electron chi connectivity index (χ0n) is 16.9. The number of rotatable bonds is 11. The van der Waals surface area contributed by atoms with E-state index in [4.69, 9.17) is 14.0 Å². The molecule has 2 unspecified atom stereocenters. The first kappa shape index (κ1) is 23.5. The number of ether oxygens (including phenoxy) is 2. The van der Waals surface area contributed by atoms with Gasteiger partial charge in [0.2, 0.25) is 0 Å². The Hall–Kier alpha value is -1.53. The molecule has 1 rings (SSSR count). The first-order valence-electron chi connectivity index (χ1n) is 9.09. The van der Waals surface area contributed by atoms with Crippen molar-refractivity contribution < 1.29 is 23.6 Å². The van der Waals surface area contributed by atoms with E-state index >= 15 is 0 Å². The fourth-order valence-electron chi connectivity index (χ4n) is 1.95. The first-order valence-corrected chi connectivity index (χ1v) is 10.3. The van der Waals surface area contributed by atoms with Gasteiger partial charge in [0.1, 0.15) is 12.1 Å². The number of esters is 2. The zero-order chi connectivity index (χ0) is 20.4. The van der Waals surface area contributed by atoms with Crippen molar-refractivity contribution in [2.24, 2.45) is 0 Å². The molecule has 2 atom stereocenters. The van der Waals surface area contributed by atoms with Crippen LogP contribution in [0, 0.1) is 0 Å². The third-order valence-corrected chi connectivity index (χ3v) is 4.87. The van der Waals surface area contributed by atoms with Gasteiger partial charge in [0.15, 0.2) is 8.45 Å². The molecule has 2 N–H and O–H groups in total. The molecule has 1 aromatic carbocycles. The van der Waals surface area contributed by atoms with Crippen LogP contribution in [0.2, 0.25) is 0 Å². The first-order chi connectivity index (χ1) is 12.7. The Bertz CT molecular complexity index is 553. The average Bonchev–Trinajstić information content (AvgIpc) is 2.59.